The lowest BCUT2D eigenvalue weighted by molar-refractivity contribution is -0.139. The van der Waals surface area contributed by atoms with Crippen molar-refractivity contribution in [1.82, 2.24) is 9.80 Å². The number of benzene rings is 2. The van der Waals surface area contributed by atoms with E-state index in [1.165, 1.54) is 24.3 Å². The number of carbonyl (C=O) groups excluding carboxylic acids is 3. The number of ether oxygens (including phenoxy) is 2. The van der Waals surface area contributed by atoms with Gasteiger partial charge in [-0.05, 0) is 77.4 Å². The van der Waals surface area contributed by atoms with E-state index in [0.29, 0.717) is 31.9 Å². The number of nitrogens with zero attached hydrogens (tertiary/aromatic N) is 2. The first-order chi connectivity index (χ1) is 18.1. The zero-order valence-electron chi connectivity index (χ0n) is 20.6. The second-order valence-corrected chi connectivity index (χ2v) is 11.8. The molecule has 13 heteroatoms. The fourth-order valence-corrected chi connectivity index (χ4v) is 6.16. The summed E-state index contributed by atoms with van der Waals surface area (Å²) in [5.74, 6) is -0.827. The van der Waals surface area contributed by atoms with Crippen molar-refractivity contribution < 1.29 is 36.5 Å². The Morgan fingerprint density at radius 1 is 1.16 bits per heavy atom. The average molecular weight is 626 g/mol. The lowest BCUT2D eigenvalue weighted by atomic mass is 10.2. The van der Waals surface area contributed by atoms with Gasteiger partial charge >= 0.3 is 10.1 Å². The predicted octanol–water partition coefficient (Wildman–Crippen LogP) is 3.82. The number of aryl methyl sites for hydroxylation is 1. The number of halogens is 1. The quantitative estimate of drug-likeness (QED) is 0.319. The predicted molar refractivity (Wildman–Crippen MR) is 144 cm³/mol. The average Bonchev–Trinajstić information content (AvgIpc) is 3.14. The van der Waals surface area contributed by atoms with Gasteiger partial charge in [0.15, 0.2) is 11.5 Å². The molecule has 2 heterocycles. The van der Waals surface area contributed by atoms with Crippen LogP contribution in [0, 0.1) is 6.92 Å². The Kier molecular flexibility index (Phi) is 8.81. The molecule has 10 nitrogen and oxygen atoms in total. The highest BCUT2D eigenvalue weighted by atomic mass is 79.9. The first kappa shape index (κ1) is 28.1. The molecule has 0 bridgehead atoms. The Labute approximate surface area is 233 Å². The highest BCUT2D eigenvalue weighted by molar-refractivity contribution is 9.10. The van der Waals surface area contributed by atoms with Crippen LogP contribution in [0.2, 0.25) is 0 Å². The van der Waals surface area contributed by atoms with Crippen molar-refractivity contribution in [3.63, 3.8) is 0 Å². The molecule has 0 aromatic heterocycles. The van der Waals surface area contributed by atoms with Crippen LogP contribution < -0.4 is 8.92 Å². The summed E-state index contributed by atoms with van der Waals surface area (Å²) in [5.41, 5.74) is 1.37. The molecule has 0 atom stereocenters. The van der Waals surface area contributed by atoms with E-state index in [-0.39, 0.29) is 44.8 Å². The molecule has 202 valence electrons. The third-order valence-electron chi connectivity index (χ3n) is 5.66. The number of thioether (sulfide) groups is 1. The third-order valence-corrected chi connectivity index (χ3v) is 8.39. The molecule has 38 heavy (non-hydrogen) atoms. The minimum absolute atomic E-state index is 0.0122. The van der Waals surface area contributed by atoms with Crippen LogP contribution in [0.15, 0.2) is 50.7 Å². The molecular formula is C25H25BrN2O8S2. The van der Waals surface area contributed by atoms with Gasteiger partial charge in [0.05, 0.1) is 29.2 Å². The van der Waals surface area contributed by atoms with Crippen LogP contribution >= 0.6 is 27.7 Å². The molecule has 0 saturated carbocycles. The van der Waals surface area contributed by atoms with Crippen molar-refractivity contribution in [1.29, 1.82) is 0 Å². The summed E-state index contributed by atoms with van der Waals surface area (Å²) >= 11 is 4.06. The molecule has 0 N–H and O–H groups in total. The van der Waals surface area contributed by atoms with Crippen molar-refractivity contribution in [2.75, 3.05) is 39.5 Å². The summed E-state index contributed by atoms with van der Waals surface area (Å²) in [4.78, 5) is 40.6. The Morgan fingerprint density at radius 2 is 1.84 bits per heavy atom. The van der Waals surface area contributed by atoms with Crippen molar-refractivity contribution in [2.24, 2.45) is 0 Å². The molecular weight excluding hydrogens is 600 g/mol. The maximum absolute atomic E-state index is 12.9. The Bertz CT molecular complexity index is 1390. The molecule has 2 fully saturated rings. The van der Waals surface area contributed by atoms with Crippen LogP contribution in [0.4, 0.5) is 4.79 Å². The number of hydrogen-bond donors (Lipinski definition) is 0. The van der Waals surface area contributed by atoms with E-state index >= 15 is 0 Å². The van der Waals surface area contributed by atoms with E-state index in [9.17, 15) is 22.8 Å². The molecule has 0 aliphatic carbocycles. The normalized spacial score (nSPS) is 17.3. The number of morpholine rings is 1. The summed E-state index contributed by atoms with van der Waals surface area (Å²) in [7, 11) is -4.15. The van der Waals surface area contributed by atoms with Crippen molar-refractivity contribution >= 4 is 60.9 Å². The molecule has 2 aliphatic heterocycles. The number of imide groups is 1. The molecule has 0 spiro atoms. The smallest absolute Gasteiger partial charge is 0.339 e. The van der Waals surface area contributed by atoms with Gasteiger partial charge in [-0.2, -0.15) is 8.42 Å². The molecule has 2 saturated heterocycles. The van der Waals surface area contributed by atoms with Gasteiger partial charge in [0.25, 0.3) is 11.1 Å². The van der Waals surface area contributed by atoms with Gasteiger partial charge in [-0.1, -0.05) is 17.7 Å². The molecule has 0 unspecified atom stereocenters. The van der Waals surface area contributed by atoms with Gasteiger partial charge < -0.3 is 18.6 Å². The first-order valence-electron chi connectivity index (χ1n) is 11.7. The van der Waals surface area contributed by atoms with E-state index < -0.39 is 21.3 Å². The molecule has 2 aromatic carbocycles. The lowest BCUT2D eigenvalue weighted by Crippen LogP contribution is -2.46. The number of amides is 3. The van der Waals surface area contributed by atoms with Gasteiger partial charge in [0, 0.05) is 13.1 Å². The maximum atomic E-state index is 12.9. The second-order valence-electron chi connectivity index (χ2n) is 8.37. The van der Waals surface area contributed by atoms with Gasteiger partial charge in [0.1, 0.15) is 11.4 Å². The van der Waals surface area contributed by atoms with Crippen LogP contribution in [-0.2, 0) is 24.4 Å². The van der Waals surface area contributed by atoms with Crippen molar-refractivity contribution in [3.05, 3.63) is 56.9 Å². The van der Waals surface area contributed by atoms with Crippen LogP contribution in [0.1, 0.15) is 18.1 Å². The monoisotopic (exact) mass is 624 g/mol. The van der Waals surface area contributed by atoms with Crippen LogP contribution in [0.3, 0.4) is 0 Å². The van der Waals surface area contributed by atoms with Gasteiger partial charge in [-0.3, -0.25) is 19.3 Å². The van der Waals surface area contributed by atoms with Crippen LogP contribution in [-0.4, -0.2) is 74.7 Å². The molecule has 0 radical (unpaired) electrons. The second kappa shape index (κ2) is 11.9. The number of rotatable bonds is 8. The maximum Gasteiger partial charge on any atom is 0.339 e. The Morgan fingerprint density at radius 3 is 2.50 bits per heavy atom. The zero-order chi connectivity index (χ0) is 27.4. The summed E-state index contributed by atoms with van der Waals surface area (Å²) in [6.07, 6.45) is 1.48. The van der Waals surface area contributed by atoms with E-state index in [2.05, 4.69) is 15.9 Å². The summed E-state index contributed by atoms with van der Waals surface area (Å²) in [6, 6.07) is 9.30. The van der Waals surface area contributed by atoms with Crippen molar-refractivity contribution in [2.45, 2.75) is 18.7 Å². The van der Waals surface area contributed by atoms with Crippen molar-refractivity contribution in [3.8, 4) is 11.5 Å². The van der Waals surface area contributed by atoms with E-state index in [0.717, 1.165) is 22.2 Å². The summed E-state index contributed by atoms with van der Waals surface area (Å²) in [6.45, 7) is 5.09. The molecule has 3 amide bonds. The summed E-state index contributed by atoms with van der Waals surface area (Å²) in [5, 5.41) is -0.545. The first-order valence-corrected chi connectivity index (χ1v) is 14.7. The van der Waals surface area contributed by atoms with Gasteiger partial charge in [-0.25, -0.2) is 0 Å². The molecule has 2 aliphatic rings. The largest absolute Gasteiger partial charge is 0.490 e. The number of carbonyl (C=O) groups is 3. The Hall–Kier alpha value is -2.87. The van der Waals surface area contributed by atoms with Gasteiger partial charge in [-0.15, -0.1) is 0 Å². The van der Waals surface area contributed by atoms with E-state index in [1.54, 1.807) is 30.0 Å². The minimum atomic E-state index is -4.15. The SMILES string of the molecule is CCOc1cc(/C=C2\SC(=O)N(CC(=O)N3CCOCC3)C2=O)cc(Br)c1OS(=O)(=O)c1ccc(C)cc1. The van der Waals surface area contributed by atoms with E-state index in [4.69, 9.17) is 13.7 Å². The minimum Gasteiger partial charge on any atom is -0.490 e. The van der Waals surface area contributed by atoms with Crippen LogP contribution in [0.5, 0.6) is 11.5 Å². The third kappa shape index (κ3) is 6.40. The Balaban J connectivity index is 1.56. The topological polar surface area (TPSA) is 120 Å². The summed E-state index contributed by atoms with van der Waals surface area (Å²) < 4.78 is 42.3. The number of hydrogen-bond acceptors (Lipinski definition) is 9. The highest BCUT2D eigenvalue weighted by Crippen LogP contribution is 2.40. The van der Waals surface area contributed by atoms with E-state index in [1.807, 2.05) is 6.92 Å². The fraction of sp³-hybridized carbons (Fsp3) is 0.320. The lowest BCUT2D eigenvalue weighted by Gasteiger charge is -2.28. The van der Waals surface area contributed by atoms with Crippen LogP contribution in [0.25, 0.3) is 6.08 Å². The molecule has 2 aromatic rings. The van der Waals surface area contributed by atoms with Gasteiger partial charge in [0.2, 0.25) is 5.91 Å². The molecule has 4 rings (SSSR count). The highest BCUT2D eigenvalue weighted by Gasteiger charge is 2.37. The fourth-order valence-electron chi connectivity index (χ4n) is 3.71. The zero-order valence-corrected chi connectivity index (χ0v) is 23.9. The standard InChI is InChI=1S/C25H25BrN2O8S2/c1-3-35-20-13-17(12-19(26)23(20)36-38(32,33)18-6-4-16(2)5-7-18)14-21-24(30)28(25(31)37-21)15-22(29)27-8-10-34-11-9-27/h4-7,12-14H,3,8-11,15H2,1-2H3/b21-14-.